The quantitative estimate of drug-likeness (QED) is 0.761. The number of piperidine rings is 1. The Morgan fingerprint density at radius 3 is 2.85 bits per heavy atom. The number of rotatable bonds is 4. The summed E-state index contributed by atoms with van der Waals surface area (Å²) < 4.78 is 7.10. The summed E-state index contributed by atoms with van der Waals surface area (Å²) in [5.41, 5.74) is 7.86. The third-order valence-electron chi connectivity index (χ3n) is 6.03. The van der Waals surface area contributed by atoms with Crippen molar-refractivity contribution in [1.82, 2.24) is 24.5 Å². The second-order valence-electron chi connectivity index (χ2n) is 7.98. The molecule has 1 aliphatic rings. The maximum Gasteiger partial charge on any atom is 0.223 e. The molecule has 144 valence electrons. The summed E-state index contributed by atoms with van der Waals surface area (Å²) >= 11 is 0. The van der Waals surface area contributed by atoms with Gasteiger partial charge < -0.3 is 10.5 Å². The summed E-state index contributed by atoms with van der Waals surface area (Å²) in [6, 6.07) is 5.82. The number of likely N-dealkylation sites (tertiary alicyclic amines) is 1. The van der Waals surface area contributed by atoms with Gasteiger partial charge in [0.05, 0.1) is 7.11 Å². The fourth-order valence-electron chi connectivity index (χ4n) is 3.94. The van der Waals surface area contributed by atoms with E-state index in [2.05, 4.69) is 30.7 Å². The average molecular weight is 368 g/mol. The maximum absolute atomic E-state index is 6.19. The minimum atomic E-state index is 0.193. The molecule has 2 N–H and O–H groups in total. The second kappa shape index (κ2) is 6.64. The third-order valence-corrected chi connectivity index (χ3v) is 6.03. The number of nitrogens with zero attached hydrogens (tertiary/aromatic N) is 5. The van der Waals surface area contributed by atoms with Gasteiger partial charge in [0, 0.05) is 23.4 Å². The Bertz CT molecular complexity index is 979. The molecule has 1 aromatic carbocycles. The summed E-state index contributed by atoms with van der Waals surface area (Å²) in [6.45, 7) is 8.99. The van der Waals surface area contributed by atoms with Crippen LogP contribution in [0.5, 0.6) is 5.75 Å². The fourth-order valence-corrected chi connectivity index (χ4v) is 3.94. The van der Waals surface area contributed by atoms with Gasteiger partial charge in [0.1, 0.15) is 11.3 Å². The van der Waals surface area contributed by atoms with Gasteiger partial charge in [-0.15, -0.1) is 5.10 Å². The van der Waals surface area contributed by atoms with E-state index in [0.717, 1.165) is 54.7 Å². The Kier molecular flexibility index (Phi) is 4.42. The van der Waals surface area contributed by atoms with Gasteiger partial charge in [-0.25, -0.2) is 9.97 Å². The van der Waals surface area contributed by atoms with E-state index in [1.54, 1.807) is 11.6 Å². The summed E-state index contributed by atoms with van der Waals surface area (Å²) in [7, 11) is 1.64. The third kappa shape index (κ3) is 3.00. The summed E-state index contributed by atoms with van der Waals surface area (Å²) in [5, 5.41) is 5.64. The predicted octanol–water partition coefficient (Wildman–Crippen LogP) is 3.24. The fraction of sp³-hybridized carbons (Fsp3) is 0.550. The number of aromatic nitrogens is 4. The lowest BCUT2D eigenvalue weighted by atomic mass is 9.90. The molecule has 0 bridgehead atoms. The van der Waals surface area contributed by atoms with E-state index in [1.165, 1.54) is 0 Å². The number of benzene rings is 1. The molecule has 1 unspecified atom stereocenters. The Labute approximate surface area is 159 Å². The molecule has 0 radical (unpaired) electrons. The largest absolute Gasteiger partial charge is 0.494 e. The van der Waals surface area contributed by atoms with Gasteiger partial charge in [-0.3, -0.25) is 4.90 Å². The van der Waals surface area contributed by atoms with Crippen LogP contribution in [0.15, 0.2) is 18.2 Å². The number of ether oxygens (including phenoxy) is 1. The molecule has 4 rings (SSSR count). The number of hydrogen-bond donors (Lipinski definition) is 1. The number of fused-ring (bicyclic) bond motifs is 3. The van der Waals surface area contributed by atoms with E-state index in [9.17, 15) is 0 Å². The Balaban J connectivity index is 1.77. The van der Waals surface area contributed by atoms with Crippen LogP contribution in [0.25, 0.3) is 16.6 Å². The van der Waals surface area contributed by atoms with E-state index in [1.807, 2.05) is 18.2 Å². The molecule has 0 aliphatic carbocycles. The second-order valence-corrected chi connectivity index (χ2v) is 7.98. The first kappa shape index (κ1) is 18.0. The molecule has 7 heteroatoms. The van der Waals surface area contributed by atoms with Crippen LogP contribution in [0, 0.1) is 0 Å². The van der Waals surface area contributed by atoms with Crippen molar-refractivity contribution in [2.45, 2.75) is 51.5 Å². The van der Waals surface area contributed by atoms with Crippen molar-refractivity contribution in [2.24, 2.45) is 0 Å². The molecule has 7 nitrogen and oxygen atoms in total. The first-order valence-electron chi connectivity index (χ1n) is 9.68. The summed E-state index contributed by atoms with van der Waals surface area (Å²) in [5.74, 6) is 2.20. The molecule has 1 aliphatic heterocycles. The number of anilines is 1. The van der Waals surface area contributed by atoms with E-state index in [0.29, 0.717) is 17.6 Å². The van der Waals surface area contributed by atoms with Crippen LogP contribution >= 0.6 is 0 Å². The molecule has 0 spiro atoms. The zero-order valence-electron chi connectivity index (χ0n) is 16.6. The highest BCUT2D eigenvalue weighted by Gasteiger charge is 2.32. The van der Waals surface area contributed by atoms with Gasteiger partial charge in [-0.05, 0) is 51.8 Å². The van der Waals surface area contributed by atoms with Gasteiger partial charge in [0.2, 0.25) is 5.95 Å². The van der Waals surface area contributed by atoms with Crippen LogP contribution in [-0.2, 0) is 0 Å². The van der Waals surface area contributed by atoms with Gasteiger partial charge >= 0.3 is 0 Å². The molecular formula is C20H28N6O. The maximum atomic E-state index is 6.19. The van der Waals surface area contributed by atoms with Gasteiger partial charge in [-0.1, -0.05) is 13.0 Å². The minimum Gasteiger partial charge on any atom is -0.494 e. The van der Waals surface area contributed by atoms with Crippen molar-refractivity contribution in [3.05, 3.63) is 24.0 Å². The van der Waals surface area contributed by atoms with Crippen molar-refractivity contribution < 1.29 is 4.74 Å². The average Bonchev–Trinajstić information content (AvgIpc) is 3.14. The zero-order chi connectivity index (χ0) is 19.2. The predicted molar refractivity (Wildman–Crippen MR) is 107 cm³/mol. The normalized spacial score (nSPS) is 19.0. The highest BCUT2D eigenvalue weighted by molar-refractivity contribution is 5.95. The smallest absolute Gasteiger partial charge is 0.223 e. The standard InChI is InChI=1S/C20H28N6O/c1-5-20(2,3)25-11-7-8-13(12-25)17-23-18-14-9-6-10-15(27-4)16(14)22-19(21)26(18)24-17/h6,9-10,13H,5,7-8,11-12H2,1-4H3,(H2,21,22). The lowest BCUT2D eigenvalue weighted by molar-refractivity contribution is 0.0799. The van der Waals surface area contributed by atoms with E-state index < -0.39 is 0 Å². The first-order chi connectivity index (χ1) is 12.9. The van der Waals surface area contributed by atoms with Gasteiger partial charge in [0.25, 0.3) is 0 Å². The highest BCUT2D eigenvalue weighted by Crippen LogP contribution is 2.33. The number of hydrogen-bond acceptors (Lipinski definition) is 6. The molecule has 1 atom stereocenters. The molecule has 1 saturated heterocycles. The summed E-state index contributed by atoms with van der Waals surface area (Å²) in [6.07, 6.45) is 3.38. The zero-order valence-corrected chi connectivity index (χ0v) is 16.6. The minimum absolute atomic E-state index is 0.193. The lowest BCUT2D eigenvalue weighted by Crippen LogP contribution is -2.48. The van der Waals surface area contributed by atoms with E-state index in [4.69, 9.17) is 20.6 Å². The van der Waals surface area contributed by atoms with Crippen LogP contribution in [0.3, 0.4) is 0 Å². The van der Waals surface area contributed by atoms with Crippen molar-refractivity contribution in [3.8, 4) is 5.75 Å². The van der Waals surface area contributed by atoms with Crippen LogP contribution in [0.2, 0.25) is 0 Å². The van der Waals surface area contributed by atoms with Crippen LogP contribution < -0.4 is 10.5 Å². The Hall–Kier alpha value is -2.41. The Morgan fingerprint density at radius 2 is 2.11 bits per heavy atom. The van der Waals surface area contributed by atoms with Crippen LogP contribution in [0.4, 0.5) is 5.95 Å². The number of para-hydroxylation sites is 1. The SMILES string of the molecule is CCC(C)(C)N1CCCC(c2nc3c4cccc(OC)c4nc(N)n3n2)C1. The Morgan fingerprint density at radius 1 is 1.30 bits per heavy atom. The molecular weight excluding hydrogens is 340 g/mol. The van der Waals surface area contributed by atoms with Crippen LogP contribution in [0.1, 0.15) is 51.8 Å². The lowest BCUT2D eigenvalue weighted by Gasteiger charge is -2.42. The van der Waals surface area contributed by atoms with Gasteiger partial charge in [-0.2, -0.15) is 4.52 Å². The number of nitrogens with two attached hydrogens (primary N) is 1. The van der Waals surface area contributed by atoms with E-state index in [-0.39, 0.29) is 5.54 Å². The number of nitrogen functional groups attached to an aromatic ring is 1. The molecule has 2 aromatic heterocycles. The first-order valence-corrected chi connectivity index (χ1v) is 9.68. The molecule has 0 saturated carbocycles. The summed E-state index contributed by atoms with van der Waals surface area (Å²) in [4.78, 5) is 12.0. The topological polar surface area (TPSA) is 81.6 Å². The molecule has 27 heavy (non-hydrogen) atoms. The van der Waals surface area contributed by atoms with Crippen molar-refractivity contribution in [3.63, 3.8) is 0 Å². The van der Waals surface area contributed by atoms with Crippen LogP contribution in [-0.4, -0.2) is 50.2 Å². The number of methoxy groups -OCH3 is 1. The van der Waals surface area contributed by atoms with Crippen molar-refractivity contribution >= 4 is 22.5 Å². The molecule has 0 amide bonds. The van der Waals surface area contributed by atoms with Crippen molar-refractivity contribution in [1.29, 1.82) is 0 Å². The van der Waals surface area contributed by atoms with Crippen molar-refractivity contribution in [2.75, 3.05) is 25.9 Å². The molecule has 3 heterocycles. The molecule has 1 fully saturated rings. The highest BCUT2D eigenvalue weighted by atomic mass is 16.5. The molecule has 3 aromatic rings. The monoisotopic (exact) mass is 368 g/mol. The van der Waals surface area contributed by atoms with Gasteiger partial charge in [0.15, 0.2) is 11.5 Å². The van der Waals surface area contributed by atoms with E-state index >= 15 is 0 Å².